The van der Waals surface area contributed by atoms with E-state index in [0.29, 0.717) is 12.5 Å². The van der Waals surface area contributed by atoms with E-state index in [0.717, 1.165) is 18.2 Å². The van der Waals surface area contributed by atoms with Gasteiger partial charge in [0.15, 0.2) is 0 Å². The molecule has 4 N–H and O–H groups in total. The van der Waals surface area contributed by atoms with Crippen LogP contribution in [0, 0.1) is 17.6 Å². The summed E-state index contributed by atoms with van der Waals surface area (Å²) in [6.45, 7) is 4.50. The molecule has 0 aromatic heterocycles. The minimum Gasteiger partial charge on any atom is -0.323 e. The molecule has 0 unspecified atom stereocenters. The maximum absolute atomic E-state index is 13.3. The Balaban J connectivity index is 2.80. The summed E-state index contributed by atoms with van der Waals surface area (Å²) in [7, 11) is 0. The summed E-state index contributed by atoms with van der Waals surface area (Å²) in [5.74, 6) is 4.67. The van der Waals surface area contributed by atoms with E-state index < -0.39 is 11.6 Å². The molecule has 0 aliphatic rings. The molecule has 1 rings (SSSR count). The van der Waals surface area contributed by atoms with Gasteiger partial charge >= 0.3 is 0 Å². The van der Waals surface area contributed by atoms with Gasteiger partial charge in [0.05, 0.1) is 5.69 Å². The number of hydrogen-bond donors (Lipinski definition) is 3. The highest BCUT2D eigenvalue weighted by molar-refractivity contribution is 5.93. The number of halogens is 2. The van der Waals surface area contributed by atoms with E-state index in [4.69, 9.17) is 5.84 Å². The molecule has 0 atom stereocenters. The first-order valence-electron chi connectivity index (χ1n) is 5.26. The van der Waals surface area contributed by atoms with Crippen LogP contribution < -0.4 is 16.6 Å². The molecule has 0 aliphatic heterocycles. The number of anilines is 1. The molecule has 4 nitrogen and oxygen atoms in total. The fourth-order valence-corrected chi connectivity index (χ4v) is 1.12. The first-order chi connectivity index (χ1) is 8.02. The molecule has 6 heteroatoms. The Morgan fingerprint density at radius 3 is 2.71 bits per heavy atom. The minimum absolute atomic E-state index is 0.00884. The summed E-state index contributed by atoms with van der Waals surface area (Å²) in [6.07, 6.45) is 0. The highest BCUT2D eigenvalue weighted by Crippen LogP contribution is 2.14. The highest BCUT2D eigenvalue weighted by atomic mass is 19.1. The summed E-state index contributed by atoms with van der Waals surface area (Å²) in [4.78, 5) is 4.09. The number of guanidine groups is 1. The van der Waals surface area contributed by atoms with Crippen LogP contribution in [0.3, 0.4) is 0 Å². The van der Waals surface area contributed by atoms with Crippen molar-refractivity contribution in [3.8, 4) is 0 Å². The van der Waals surface area contributed by atoms with Gasteiger partial charge in [-0.3, -0.25) is 10.4 Å². The van der Waals surface area contributed by atoms with Crippen LogP contribution >= 0.6 is 0 Å². The minimum atomic E-state index is -0.570. The zero-order chi connectivity index (χ0) is 12.8. The van der Waals surface area contributed by atoms with E-state index in [1.807, 2.05) is 13.8 Å². The molecule has 0 bridgehead atoms. The van der Waals surface area contributed by atoms with Gasteiger partial charge in [0.25, 0.3) is 0 Å². The van der Waals surface area contributed by atoms with Crippen LogP contribution in [0.25, 0.3) is 0 Å². The van der Waals surface area contributed by atoms with E-state index >= 15 is 0 Å². The van der Waals surface area contributed by atoms with Crippen molar-refractivity contribution in [1.29, 1.82) is 0 Å². The molecule has 17 heavy (non-hydrogen) atoms. The Hall–Kier alpha value is -1.69. The fraction of sp³-hybridized carbons (Fsp3) is 0.364. The normalized spacial score (nSPS) is 11.8. The number of rotatable bonds is 3. The third-order valence-corrected chi connectivity index (χ3v) is 1.93. The zero-order valence-electron chi connectivity index (χ0n) is 9.80. The molecule has 0 amide bonds. The van der Waals surface area contributed by atoms with Gasteiger partial charge in [0.2, 0.25) is 5.96 Å². The van der Waals surface area contributed by atoms with Crippen molar-refractivity contribution in [3.63, 3.8) is 0 Å². The SMILES string of the molecule is CC(C)CN=C(NN)Nc1cc(F)ccc1F. The summed E-state index contributed by atoms with van der Waals surface area (Å²) >= 11 is 0. The third-order valence-electron chi connectivity index (χ3n) is 1.93. The lowest BCUT2D eigenvalue weighted by atomic mass is 10.2. The number of aliphatic imine (C=N–C) groups is 1. The number of nitrogens with zero attached hydrogens (tertiary/aromatic N) is 1. The Kier molecular flexibility index (Phi) is 4.84. The van der Waals surface area contributed by atoms with Crippen LogP contribution in [0.5, 0.6) is 0 Å². The van der Waals surface area contributed by atoms with Gasteiger partial charge in [0, 0.05) is 12.6 Å². The second-order valence-corrected chi connectivity index (χ2v) is 3.98. The summed E-state index contributed by atoms with van der Waals surface area (Å²) in [5.41, 5.74) is 2.29. The predicted molar refractivity (Wildman–Crippen MR) is 64.4 cm³/mol. The topological polar surface area (TPSA) is 62.4 Å². The second-order valence-electron chi connectivity index (χ2n) is 3.98. The van der Waals surface area contributed by atoms with Gasteiger partial charge in [-0.15, -0.1) is 0 Å². The van der Waals surface area contributed by atoms with Crippen molar-refractivity contribution in [2.24, 2.45) is 16.8 Å². The molecule has 0 radical (unpaired) electrons. The number of hydrogen-bond acceptors (Lipinski definition) is 2. The molecule has 0 heterocycles. The molecule has 94 valence electrons. The molecule has 0 fully saturated rings. The van der Waals surface area contributed by atoms with Gasteiger partial charge in [-0.2, -0.15) is 0 Å². The van der Waals surface area contributed by atoms with Crippen molar-refractivity contribution in [1.82, 2.24) is 5.43 Å². The monoisotopic (exact) mass is 242 g/mol. The maximum atomic E-state index is 13.3. The second kappa shape index (κ2) is 6.15. The van der Waals surface area contributed by atoms with Crippen LogP contribution in [0.2, 0.25) is 0 Å². The van der Waals surface area contributed by atoms with Gasteiger partial charge < -0.3 is 5.32 Å². The van der Waals surface area contributed by atoms with E-state index in [2.05, 4.69) is 15.7 Å². The largest absolute Gasteiger partial charge is 0.323 e. The van der Waals surface area contributed by atoms with Crippen LogP contribution in [-0.4, -0.2) is 12.5 Å². The molecule has 0 saturated heterocycles. The van der Waals surface area contributed by atoms with Crippen LogP contribution in [0.4, 0.5) is 14.5 Å². The predicted octanol–water partition coefficient (Wildman–Crippen LogP) is 1.85. The Morgan fingerprint density at radius 2 is 2.12 bits per heavy atom. The molecular weight excluding hydrogens is 226 g/mol. The van der Waals surface area contributed by atoms with Crippen molar-refractivity contribution in [3.05, 3.63) is 29.8 Å². The smallest absolute Gasteiger partial charge is 0.210 e. The van der Waals surface area contributed by atoms with Gasteiger partial charge in [0.1, 0.15) is 11.6 Å². The molecule has 0 saturated carbocycles. The Bertz CT molecular complexity index is 404. The molecule has 1 aromatic carbocycles. The lowest BCUT2D eigenvalue weighted by Gasteiger charge is -2.10. The fourth-order valence-electron chi connectivity index (χ4n) is 1.12. The number of nitrogens with two attached hydrogens (primary N) is 1. The lowest BCUT2D eigenvalue weighted by molar-refractivity contribution is 0.603. The van der Waals surface area contributed by atoms with E-state index in [9.17, 15) is 8.78 Å². The zero-order valence-corrected chi connectivity index (χ0v) is 9.80. The van der Waals surface area contributed by atoms with E-state index in [-0.39, 0.29) is 11.6 Å². The Morgan fingerprint density at radius 1 is 1.41 bits per heavy atom. The quantitative estimate of drug-likeness (QED) is 0.328. The number of benzene rings is 1. The van der Waals surface area contributed by atoms with Crippen LogP contribution in [-0.2, 0) is 0 Å². The van der Waals surface area contributed by atoms with Crippen molar-refractivity contribution in [2.45, 2.75) is 13.8 Å². The number of nitrogens with one attached hydrogen (secondary N) is 2. The first-order valence-corrected chi connectivity index (χ1v) is 5.26. The van der Waals surface area contributed by atoms with Crippen molar-refractivity contribution < 1.29 is 8.78 Å². The average Bonchev–Trinajstić information content (AvgIpc) is 2.28. The van der Waals surface area contributed by atoms with Gasteiger partial charge in [-0.25, -0.2) is 14.6 Å². The van der Waals surface area contributed by atoms with E-state index in [1.165, 1.54) is 0 Å². The van der Waals surface area contributed by atoms with Crippen LogP contribution in [0.15, 0.2) is 23.2 Å². The van der Waals surface area contributed by atoms with Crippen molar-refractivity contribution >= 4 is 11.6 Å². The number of hydrazine groups is 1. The average molecular weight is 242 g/mol. The van der Waals surface area contributed by atoms with Crippen molar-refractivity contribution in [2.75, 3.05) is 11.9 Å². The Labute approximate surface area is 98.9 Å². The van der Waals surface area contributed by atoms with Crippen LogP contribution in [0.1, 0.15) is 13.8 Å². The molecule has 1 aromatic rings. The first kappa shape index (κ1) is 13.4. The summed E-state index contributed by atoms with van der Waals surface area (Å²) in [5, 5.41) is 2.59. The molecular formula is C11H16F2N4. The standard InChI is InChI=1S/C11H16F2N4/c1-7(2)6-15-11(17-14)16-10-5-8(12)3-4-9(10)13/h3-5,7H,6,14H2,1-2H3,(H2,15,16,17). The maximum Gasteiger partial charge on any atom is 0.210 e. The lowest BCUT2D eigenvalue weighted by Crippen LogP contribution is -2.36. The third kappa shape index (κ3) is 4.36. The summed E-state index contributed by atoms with van der Waals surface area (Å²) < 4.78 is 26.2. The summed E-state index contributed by atoms with van der Waals surface area (Å²) in [6, 6.07) is 3.12. The molecule has 0 aliphatic carbocycles. The highest BCUT2D eigenvalue weighted by Gasteiger charge is 2.06. The molecule has 0 spiro atoms. The van der Waals surface area contributed by atoms with E-state index in [1.54, 1.807) is 0 Å². The van der Waals surface area contributed by atoms with Gasteiger partial charge in [-0.1, -0.05) is 13.8 Å². The van der Waals surface area contributed by atoms with Gasteiger partial charge in [-0.05, 0) is 18.1 Å².